The van der Waals surface area contributed by atoms with E-state index in [1.165, 1.54) is 0 Å². The molecular formula is C7H6F2N2O2. The van der Waals surface area contributed by atoms with Gasteiger partial charge in [-0.15, -0.1) is 0 Å². The average Bonchev–Trinajstić information content (AvgIpc) is 2.04. The van der Waals surface area contributed by atoms with E-state index >= 15 is 0 Å². The largest absolute Gasteiger partial charge is 0.385 e. The van der Waals surface area contributed by atoms with E-state index in [2.05, 4.69) is 4.98 Å². The molecule has 0 bridgehead atoms. The number of aldehydes is 1. The van der Waals surface area contributed by atoms with Gasteiger partial charge in [0.25, 0.3) is 6.43 Å². The highest BCUT2D eigenvalue weighted by Crippen LogP contribution is 2.15. The van der Waals surface area contributed by atoms with Crippen LogP contribution in [0.2, 0.25) is 0 Å². The zero-order chi connectivity index (χ0) is 10.0. The number of nitrogens with one attached hydrogen (secondary N) is 1. The van der Waals surface area contributed by atoms with Crippen LogP contribution in [0, 0.1) is 0 Å². The molecule has 4 nitrogen and oxygen atoms in total. The highest BCUT2D eigenvalue weighted by molar-refractivity contribution is 5.81. The minimum Gasteiger partial charge on any atom is -0.385 e. The number of pyridine rings is 1. The standard InChI is InChI=1S/C7H6F2N2O2/c8-6(9)3-1-11-7(10)4(2-12)5(3)13/h1-2,6H,(H3,10,11,13). The van der Waals surface area contributed by atoms with E-state index in [0.29, 0.717) is 0 Å². The van der Waals surface area contributed by atoms with Crippen molar-refractivity contribution in [3.8, 4) is 0 Å². The Balaban J connectivity index is 3.45. The lowest BCUT2D eigenvalue weighted by Crippen LogP contribution is -2.17. The van der Waals surface area contributed by atoms with Gasteiger partial charge in [0.15, 0.2) is 6.29 Å². The number of nitrogen functional groups attached to an aromatic ring is 1. The number of anilines is 1. The van der Waals surface area contributed by atoms with Crippen LogP contribution in [0.4, 0.5) is 14.6 Å². The van der Waals surface area contributed by atoms with E-state index in [0.717, 1.165) is 6.20 Å². The van der Waals surface area contributed by atoms with Crippen molar-refractivity contribution in [2.24, 2.45) is 0 Å². The van der Waals surface area contributed by atoms with Gasteiger partial charge in [-0.2, -0.15) is 0 Å². The highest BCUT2D eigenvalue weighted by Gasteiger charge is 2.15. The van der Waals surface area contributed by atoms with Crippen molar-refractivity contribution in [1.29, 1.82) is 0 Å². The second-order valence-electron chi connectivity index (χ2n) is 2.32. The third kappa shape index (κ3) is 1.56. The summed E-state index contributed by atoms with van der Waals surface area (Å²) in [4.78, 5) is 23.5. The van der Waals surface area contributed by atoms with Gasteiger partial charge >= 0.3 is 0 Å². The zero-order valence-electron chi connectivity index (χ0n) is 6.38. The first-order chi connectivity index (χ1) is 6.07. The fourth-order valence-corrected chi connectivity index (χ4v) is 0.856. The first-order valence-electron chi connectivity index (χ1n) is 3.32. The number of hydrogen-bond acceptors (Lipinski definition) is 3. The molecule has 1 rings (SSSR count). The third-order valence-corrected chi connectivity index (χ3v) is 1.53. The van der Waals surface area contributed by atoms with Gasteiger partial charge in [0, 0.05) is 6.20 Å². The summed E-state index contributed by atoms with van der Waals surface area (Å²) in [5, 5.41) is 0. The summed E-state index contributed by atoms with van der Waals surface area (Å²) in [5.41, 5.74) is 2.93. The van der Waals surface area contributed by atoms with E-state index in [9.17, 15) is 18.4 Å². The van der Waals surface area contributed by atoms with Crippen LogP contribution in [0.15, 0.2) is 11.0 Å². The number of carbonyl (C=O) groups is 1. The number of rotatable bonds is 2. The summed E-state index contributed by atoms with van der Waals surface area (Å²) in [6.45, 7) is 0. The van der Waals surface area contributed by atoms with Gasteiger partial charge in [0.1, 0.15) is 11.4 Å². The number of halogens is 2. The number of nitrogens with two attached hydrogens (primary N) is 1. The molecule has 0 saturated heterocycles. The number of hydrogen-bond donors (Lipinski definition) is 2. The second-order valence-corrected chi connectivity index (χ2v) is 2.32. The van der Waals surface area contributed by atoms with Crippen LogP contribution in [0.5, 0.6) is 0 Å². The van der Waals surface area contributed by atoms with Gasteiger partial charge in [-0.05, 0) is 0 Å². The predicted octanol–water partition coefficient (Wildman–Crippen LogP) is 0.707. The van der Waals surface area contributed by atoms with Crippen LogP contribution in [0.3, 0.4) is 0 Å². The molecular weight excluding hydrogens is 182 g/mol. The fraction of sp³-hybridized carbons (Fsp3) is 0.143. The van der Waals surface area contributed by atoms with Crippen molar-refractivity contribution < 1.29 is 13.6 Å². The Labute approximate surface area is 71.4 Å². The predicted molar refractivity (Wildman–Crippen MR) is 41.8 cm³/mol. The van der Waals surface area contributed by atoms with Gasteiger partial charge in [-0.3, -0.25) is 9.59 Å². The van der Waals surface area contributed by atoms with Crippen LogP contribution in [0.25, 0.3) is 0 Å². The maximum atomic E-state index is 12.1. The molecule has 0 aliphatic heterocycles. The Bertz CT molecular complexity index is 387. The molecule has 3 N–H and O–H groups in total. The summed E-state index contributed by atoms with van der Waals surface area (Å²) < 4.78 is 24.2. The van der Waals surface area contributed by atoms with Crippen LogP contribution in [0.1, 0.15) is 22.3 Å². The van der Waals surface area contributed by atoms with Gasteiger partial charge in [-0.25, -0.2) is 8.78 Å². The minimum atomic E-state index is -2.91. The summed E-state index contributed by atoms with van der Waals surface area (Å²) >= 11 is 0. The molecule has 0 aromatic carbocycles. The smallest absolute Gasteiger partial charge is 0.269 e. The topological polar surface area (TPSA) is 76.0 Å². The van der Waals surface area contributed by atoms with E-state index in [-0.39, 0.29) is 12.1 Å². The summed E-state index contributed by atoms with van der Waals surface area (Å²) in [7, 11) is 0. The van der Waals surface area contributed by atoms with Crippen LogP contribution < -0.4 is 11.2 Å². The van der Waals surface area contributed by atoms with Crippen molar-refractivity contribution in [2.75, 3.05) is 5.73 Å². The number of aromatic amines is 1. The molecule has 0 spiro atoms. The molecule has 0 aliphatic carbocycles. The molecule has 70 valence electrons. The Morgan fingerprint density at radius 2 is 2.15 bits per heavy atom. The Hall–Kier alpha value is -1.72. The molecule has 6 heteroatoms. The van der Waals surface area contributed by atoms with Crippen molar-refractivity contribution >= 4 is 12.1 Å². The van der Waals surface area contributed by atoms with Gasteiger partial charge in [-0.1, -0.05) is 0 Å². The Morgan fingerprint density at radius 1 is 1.54 bits per heavy atom. The Kier molecular flexibility index (Phi) is 2.41. The highest BCUT2D eigenvalue weighted by atomic mass is 19.3. The average molecular weight is 188 g/mol. The van der Waals surface area contributed by atoms with Crippen molar-refractivity contribution in [1.82, 2.24) is 4.98 Å². The first-order valence-corrected chi connectivity index (χ1v) is 3.32. The molecule has 0 unspecified atom stereocenters. The maximum Gasteiger partial charge on any atom is 0.269 e. The van der Waals surface area contributed by atoms with Crippen LogP contribution in [-0.4, -0.2) is 11.3 Å². The van der Waals surface area contributed by atoms with Gasteiger partial charge < -0.3 is 10.7 Å². The SMILES string of the molecule is Nc1[nH]cc(C(F)F)c(=O)c1C=O. The Morgan fingerprint density at radius 3 is 2.62 bits per heavy atom. The van der Waals surface area contributed by atoms with Crippen LogP contribution in [-0.2, 0) is 0 Å². The second kappa shape index (κ2) is 3.34. The van der Waals surface area contributed by atoms with E-state index in [1.54, 1.807) is 0 Å². The number of alkyl halides is 2. The monoisotopic (exact) mass is 188 g/mol. The van der Waals surface area contributed by atoms with E-state index < -0.39 is 23.0 Å². The molecule has 0 aliphatic rings. The molecule has 1 aromatic heterocycles. The summed E-state index contributed by atoms with van der Waals surface area (Å²) in [6.07, 6.45) is -1.96. The zero-order valence-corrected chi connectivity index (χ0v) is 6.38. The van der Waals surface area contributed by atoms with Crippen molar-refractivity contribution in [2.45, 2.75) is 6.43 Å². The maximum absolute atomic E-state index is 12.1. The minimum absolute atomic E-state index is 0.153. The normalized spacial score (nSPS) is 10.4. The quantitative estimate of drug-likeness (QED) is 0.671. The number of aromatic nitrogens is 1. The molecule has 1 heterocycles. The summed E-state index contributed by atoms with van der Waals surface area (Å²) in [5.74, 6) is -0.204. The third-order valence-electron chi connectivity index (χ3n) is 1.53. The van der Waals surface area contributed by atoms with E-state index in [4.69, 9.17) is 5.73 Å². The fourth-order valence-electron chi connectivity index (χ4n) is 0.856. The van der Waals surface area contributed by atoms with Crippen molar-refractivity contribution in [3.63, 3.8) is 0 Å². The number of carbonyl (C=O) groups excluding carboxylic acids is 1. The molecule has 13 heavy (non-hydrogen) atoms. The molecule has 0 radical (unpaired) electrons. The molecule has 0 amide bonds. The lowest BCUT2D eigenvalue weighted by Gasteiger charge is -2.01. The number of H-pyrrole nitrogens is 1. The molecule has 0 saturated carbocycles. The molecule has 1 aromatic rings. The van der Waals surface area contributed by atoms with Crippen LogP contribution >= 0.6 is 0 Å². The first kappa shape index (κ1) is 9.37. The van der Waals surface area contributed by atoms with Crippen molar-refractivity contribution in [3.05, 3.63) is 27.5 Å². The van der Waals surface area contributed by atoms with Gasteiger partial charge in [0.05, 0.1) is 5.56 Å². The van der Waals surface area contributed by atoms with Gasteiger partial charge in [0.2, 0.25) is 5.43 Å². The summed E-state index contributed by atoms with van der Waals surface area (Å²) in [6, 6.07) is 0. The lowest BCUT2D eigenvalue weighted by molar-refractivity contribution is 0.112. The lowest BCUT2D eigenvalue weighted by atomic mass is 10.2. The van der Waals surface area contributed by atoms with E-state index in [1.807, 2.05) is 0 Å². The molecule has 0 fully saturated rings. The molecule has 0 atom stereocenters.